The van der Waals surface area contributed by atoms with E-state index in [0.29, 0.717) is 23.1 Å². The van der Waals surface area contributed by atoms with Crippen LogP contribution in [0.3, 0.4) is 0 Å². The Morgan fingerprint density at radius 1 is 1.14 bits per heavy atom. The summed E-state index contributed by atoms with van der Waals surface area (Å²) < 4.78 is 0. The van der Waals surface area contributed by atoms with Gasteiger partial charge in [-0.1, -0.05) is 19.3 Å². The Morgan fingerprint density at radius 3 is 2.55 bits per heavy atom. The molecule has 1 aliphatic carbocycles. The lowest BCUT2D eigenvalue weighted by molar-refractivity contribution is 0.0943. The third kappa shape index (κ3) is 5.88. The van der Waals surface area contributed by atoms with Crippen molar-refractivity contribution >= 4 is 23.2 Å². The highest BCUT2D eigenvalue weighted by atomic mass is 16.1. The SMILES string of the molecule is CC(C)NC(=O)c1cnc(Nc2cnc(C#N)cn2)cc1NCC1CCCCC1. The quantitative estimate of drug-likeness (QED) is 0.658. The Morgan fingerprint density at radius 2 is 1.90 bits per heavy atom. The first-order valence-corrected chi connectivity index (χ1v) is 10.1. The van der Waals surface area contributed by atoms with Crippen molar-refractivity contribution in [1.82, 2.24) is 20.3 Å². The summed E-state index contributed by atoms with van der Waals surface area (Å²) in [6.07, 6.45) is 10.7. The van der Waals surface area contributed by atoms with Crippen LogP contribution in [-0.4, -0.2) is 33.4 Å². The van der Waals surface area contributed by atoms with E-state index >= 15 is 0 Å². The van der Waals surface area contributed by atoms with Crippen LogP contribution in [0.1, 0.15) is 62.0 Å². The number of anilines is 3. The second-order valence-corrected chi connectivity index (χ2v) is 7.65. The van der Waals surface area contributed by atoms with Gasteiger partial charge in [0.25, 0.3) is 5.91 Å². The molecule has 8 heteroatoms. The molecule has 2 heterocycles. The Hall–Kier alpha value is -3.21. The first-order valence-electron chi connectivity index (χ1n) is 10.1. The highest BCUT2D eigenvalue weighted by Crippen LogP contribution is 2.26. The number of aromatic nitrogens is 3. The van der Waals surface area contributed by atoms with Crippen LogP contribution in [0.15, 0.2) is 24.7 Å². The number of pyridine rings is 1. The maximum absolute atomic E-state index is 12.6. The molecule has 3 N–H and O–H groups in total. The van der Waals surface area contributed by atoms with Crippen molar-refractivity contribution < 1.29 is 4.79 Å². The monoisotopic (exact) mass is 393 g/mol. The van der Waals surface area contributed by atoms with Gasteiger partial charge in [-0.15, -0.1) is 0 Å². The van der Waals surface area contributed by atoms with Gasteiger partial charge in [0, 0.05) is 24.8 Å². The Bertz CT molecular complexity index is 868. The number of amides is 1. The smallest absolute Gasteiger partial charge is 0.255 e. The van der Waals surface area contributed by atoms with E-state index in [0.717, 1.165) is 12.2 Å². The van der Waals surface area contributed by atoms with Crippen LogP contribution < -0.4 is 16.0 Å². The molecule has 8 nitrogen and oxygen atoms in total. The van der Waals surface area contributed by atoms with Gasteiger partial charge in [-0.05, 0) is 32.6 Å². The van der Waals surface area contributed by atoms with Crippen LogP contribution in [0.25, 0.3) is 0 Å². The average Bonchev–Trinajstić information content (AvgIpc) is 2.73. The number of hydrogen-bond donors (Lipinski definition) is 3. The number of nitrogens with one attached hydrogen (secondary N) is 3. The van der Waals surface area contributed by atoms with Crippen LogP contribution in [0, 0.1) is 17.2 Å². The van der Waals surface area contributed by atoms with Crippen molar-refractivity contribution in [3.8, 4) is 6.07 Å². The van der Waals surface area contributed by atoms with Crippen molar-refractivity contribution in [2.24, 2.45) is 5.92 Å². The van der Waals surface area contributed by atoms with Crippen molar-refractivity contribution in [2.45, 2.75) is 52.0 Å². The molecule has 3 rings (SSSR count). The highest BCUT2D eigenvalue weighted by Gasteiger charge is 2.17. The molecule has 1 aliphatic rings. The van der Waals surface area contributed by atoms with Gasteiger partial charge in [-0.3, -0.25) is 4.79 Å². The summed E-state index contributed by atoms with van der Waals surface area (Å²) in [4.78, 5) is 25.1. The number of nitriles is 1. The van der Waals surface area contributed by atoms with Crippen LogP contribution in [0.5, 0.6) is 0 Å². The van der Waals surface area contributed by atoms with Gasteiger partial charge in [-0.25, -0.2) is 15.0 Å². The van der Waals surface area contributed by atoms with E-state index in [2.05, 4.69) is 30.9 Å². The van der Waals surface area contributed by atoms with Crippen molar-refractivity contribution in [2.75, 3.05) is 17.2 Å². The van der Waals surface area contributed by atoms with Gasteiger partial charge < -0.3 is 16.0 Å². The molecule has 0 bridgehead atoms. The molecule has 0 unspecified atom stereocenters. The van der Waals surface area contributed by atoms with Gasteiger partial charge in [-0.2, -0.15) is 5.26 Å². The van der Waals surface area contributed by atoms with Crippen LogP contribution >= 0.6 is 0 Å². The summed E-state index contributed by atoms with van der Waals surface area (Å²) in [5.74, 6) is 1.51. The molecular formula is C21H27N7O. The minimum Gasteiger partial charge on any atom is -0.384 e. The molecular weight excluding hydrogens is 366 g/mol. The normalized spacial score (nSPS) is 14.3. The third-order valence-electron chi connectivity index (χ3n) is 4.90. The predicted molar refractivity (Wildman–Crippen MR) is 112 cm³/mol. The Balaban J connectivity index is 1.78. The van der Waals surface area contributed by atoms with Crippen molar-refractivity contribution in [3.05, 3.63) is 35.9 Å². The van der Waals surface area contributed by atoms with Gasteiger partial charge in [0.15, 0.2) is 5.69 Å². The minimum absolute atomic E-state index is 0.0421. The summed E-state index contributed by atoms with van der Waals surface area (Å²) in [5.41, 5.74) is 1.51. The molecule has 0 aliphatic heterocycles. The highest BCUT2D eigenvalue weighted by molar-refractivity contribution is 6.00. The molecule has 2 aromatic heterocycles. The van der Waals surface area contributed by atoms with E-state index in [1.807, 2.05) is 26.0 Å². The second-order valence-electron chi connectivity index (χ2n) is 7.65. The lowest BCUT2D eigenvalue weighted by atomic mass is 9.89. The molecule has 1 fully saturated rings. The molecule has 29 heavy (non-hydrogen) atoms. The molecule has 0 spiro atoms. The Kier molecular flexibility index (Phi) is 6.95. The molecule has 1 amide bonds. The van der Waals surface area contributed by atoms with E-state index in [1.54, 1.807) is 6.20 Å². The summed E-state index contributed by atoms with van der Waals surface area (Å²) in [6.45, 7) is 4.70. The van der Waals surface area contributed by atoms with E-state index in [9.17, 15) is 4.79 Å². The predicted octanol–water partition coefficient (Wildman–Crippen LogP) is 3.62. The number of carbonyl (C=O) groups excluding carboxylic acids is 1. The van der Waals surface area contributed by atoms with Crippen LogP contribution in [-0.2, 0) is 0 Å². The lowest BCUT2D eigenvalue weighted by Crippen LogP contribution is -2.31. The molecule has 0 saturated heterocycles. The van der Waals surface area contributed by atoms with E-state index < -0.39 is 0 Å². The summed E-state index contributed by atoms with van der Waals surface area (Å²) in [6, 6.07) is 3.80. The van der Waals surface area contributed by atoms with E-state index in [-0.39, 0.29) is 17.6 Å². The zero-order valence-electron chi connectivity index (χ0n) is 16.9. The fourth-order valence-corrected chi connectivity index (χ4v) is 3.42. The topological polar surface area (TPSA) is 116 Å². The maximum Gasteiger partial charge on any atom is 0.255 e. The first kappa shape index (κ1) is 20.5. The molecule has 152 valence electrons. The van der Waals surface area contributed by atoms with Gasteiger partial charge >= 0.3 is 0 Å². The molecule has 0 radical (unpaired) electrons. The van der Waals surface area contributed by atoms with Gasteiger partial charge in [0.2, 0.25) is 0 Å². The summed E-state index contributed by atoms with van der Waals surface area (Å²) in [7, 11) is 0. The minimum atomic E-state index is -0.150. The number of hydrogen-bond acceptors (Lipinski definition) is 7. The zero-order chi connectivity index (χ0) is 20.6. The van der Waals surface area contributed by atoms with E-state index in [1.165, 1.54) is 44.5 Å². The first-order chi connectivity index (χ1) is 14.0. The Labute approximate surface area is 171 Å². The van der Waals surface area contributed by atoms with Gasteiger partial charge in [0.1, 0.15) is 17.7 Å². The third-order valence-corrected chi connectivity index (χ3v) is 4.90. The fourth-order valence-electron chi connectivity index (χ4n) is 3.42. The fraction of sp³-hybridized carbons (Fsp3) is 0.476. The second kappa shape index (κ2) is 9.82. The molecule has 0 atom stereocenters. The average molecular weight is 393 g/mol. The largest absolute Gasteiger partial charge is 0.384 e. The molecule has 2 aromatic rings. The van der Waals surface area contributed by atoms with Gasteiger partial charge in [0.05, 0.1) is 23.6 Å². The van der Waals surface area contributed by atoms with E-state index in [4.69, 9.17) is 5.26 Å². The standard InChI is InChI=1S/C21H27N7O/c1-14(2)27-21(29)17-12-26-19(28-20-13-23-16(9-22)11-25-20)8-18(17)24-10-15-6-4-3-5-7-15/h8,11-15H,3-7,10H2,1-2H3,(H,27,29)(H2,24,25,26,28). The number of nitrogens with zero attached hydrogens (tertiary/aromatic N) is 4. The van der Waals surface area contributed by atoms with Crippen LogP contribution in [0.2, 0.25) is 0 Å². The summed E-state index contributed by atoms with van der Waals surface area (Å²) in [5, 5.41) is 18.3. The van der Waals surface area contributed by atoms with Crippen molar-refractivity contribution in [3.63, 3.8) is 0 Å². The molecule has 0 aromatic carbocycles. The summed E-state index contributed by atoms with van der Waals surface area (Å²) >= 11 is 0. The maximum atomic E-state index is 12.6. The lowest BCUT2D eigenvalue weighted by Gasteiger charge is -2.23. The van der Waals surface area contributed by atoms with Crippen molar-refractivity contribution in [1.29, 1.82) is 5.26 Å². The zero-order valence-corrected chi connectivity index (χ0v) is 16.9. The molecule has 1 saturated carbocycles. The number of carbonyl (C=O) groups is 1. The van der Waals surface area contributed by atoms with Crippen LogP contribution in [0.4, 0.5) is 17.3 Å². The number of rotatable bonds is 7.